The molecular weight excluding hydrogens is 697 g/mol. The lowest BCUT2D eigenvalue weighted by atomic mass is 9.83. The van der Waals surface area contributed by atoms with Gasteiger partial charge in [0.2, 0.25) is 27.7 Å². The van der Waals surface area contributed by atoms with Crippen LogP contribution in [-0.4, -0.2) is 60.7 Å². The minimum absolute atomic E-state index is 0.122. The SMILES string of the molecule is CCOC(=O)c1ccc(N2C(=O)C3Sc4c(sc(=O)n4CC(=O)Nc4ccc(S(N)(=O)=O)cc4)[C@@H](c4ccc(O)c(OC)c4)C3C2=O)cc1. The van der Waals surface area contributed by atoms with E-state index >= 15 is 0 Å². The average molecular weight is 725 g/mol. The summed E-state index contributed by atoms with van der Waals surface area (Å²) in [7, 11) is -2.57. The minimum Gasteiger partial charge on any atom is -0.504 e. The van der Waals surface area contributed by atoms with E-state index in [0.717, 1.165) is 28.0 Å². The van der Waals surface area contributed by atoms with Crippen molar-refractivity contribution in [2.24, 2.45) is 11.1 Å². The van der Waals surface area contributed by atoms with Gasteiger partial charge in [-0.15, -0.1) is 0 Å². The van der Waals surface area contributed by atoms with Crippen LogP contribution in [0.15, 0.2) is 81.4 Å². The zero-order valence-corrected chi connectivity index (χ0v) is 28.3. The smallest absolute Gasteiger partial charge is 0.338 e. The van der Waals surface area contributed by atoms with E-state index in [1.54, 1.807) is 13.0 Å². The van der Waals surface area contributed by atoms with Gasteiger partial charge in [-0.05, 0) is 73.2 Å². The second-order valence-corrected chi connectivity index (χ2v) is 14.7. The Morgan fingerprint density at radius 1 is 1.00 bits per heavy atom. The number of nitrogens with one attached hydrogen (secondary N) is 1. The maximum Gasteiger partial charge on any atom is 0.338 e. The highest BCUT2D eigenvalue weighted by Crippen LogP contribution is 2.54. The van der Waals surface area contributed by atoms with Crippen molar-refractivity contribution in [2.45, 2.75) is 34.6 Å². The van der Waals surface area contributed by atoms with E-state index in [4.69, 9.17) is 14.6 Å². The molecule has 4 N–H and O–H groups in total. The van der Waals surface area contributed by atoms with Gasteiger partial charge in [0.15, 0.2) is 11.5 Å². The molecule has 1 aromatic heterocycles. The van der Waals surface area contributed by atoms with Crippen LogP contribution in [0.4, 0.5) is 11.4 Å². The Labute approximate surface area is 287 Å². The number of amides is 3. The number of carbonyl (C=O) groups excluding carboxylic acids is 4. The van der Waals surface area contributed by atoms with Crippen LogP contribution in [0.2, 0.25) is 0 Å². The normalized spacial score (nSPS) is 18.5. The van der Waals surface area contributed by atoms with E-state index in [9.17, 15) is 37.5 Å². The fraction of sp³-hybridized carbons (Fsp3) is 0.219. The van der Waals surface area contributed by atoms with E-state index in [1.807, 2.05) is 0 Å². The van der Waals surface area contributed by atoms with Crippen LogP contribution in [0.25, 0.3) is 0 Å². The van der Waals surface area contributed by atoms with Crippen molar-refractivity contribution in [3.63, 3.8) is 0 Å². The van der Waals surface area contributed by atoms with Crippen LogP contribution in [0, 0.1) is 5.92 Å². The van der Waals surface area contributed by atoms with Crippen LogP contribution in [0.3, 0.4) is 0 Å². The molecule has 6 rings (SSSR count). The number of phenols is 1. The van der Waals surface area contributed by atoms with Crippen molar-refractivity contribution in [3.05, 3.63) is 92.4 Å². The van der Waals surface area contributed by atoms with E-state index < -0.39 is 62.2 Å². The van der Waals surface area contributed by atoms with Crippen molar-refractivity contribution in [1.29, 1.82) is 0 Å². The number of ether oxygens (including phenoxy) is 2. The summed E-state index contributed by atoms with van der Waals surface area (Å²) in [6, 6.07) is 15.6. The van der Waals surface area contributed by atoms with Gasteiger partial charge in [-0.1, -0.05) is 29.2 Å². The number of nitrogens with zero attached hydrogens (tertiary/aromatic N) is 2. The molecule has 3 atom stereocenters. The number of thiazole rings is 1. The van der Waals surface area contributed by atoms with E-state index in [0.29, 0.717) is 15.5 Å². The standard InChI is InChI=1S/C32H28N4O10S3/c1-3-46-31(41)16-4-9-19(10-5-16)36-28(39)25-24(17-6-13-21(37)22(14-17)45-2)27-30(47-26(25)29(36)40)35(32(42)48-27)15-23(38)34-18-7-11-20(12-8-18)49(33,43)44/h4-14,24-26,37H,3,15H2,1-2H3,(H,34,38)(H2,33,43,44)/t24-,25?,26?/m0/s1. The molecule has 0 aliphatic carbocycles. The third-order valence-electron chi connectivity index (χ3n) is 8.02. The lowest BCUT2D eigenvalue weighted by Gasteiger charge is -2.31. The molecule has 3 amide bonds. The summed E-state index contributed by atoms with van der Waals surface area (Å²) in [6.45, 7) is 1.41. The van der Waals surface area contributed by atoms with Gasteiger partial charge in [0, 0.05) is 16.5 Å². The molecule has 4 aromatic rings. The van der Waals surface area contributed by atoms with Crippen molar-refractivity contribution >= 4 is 68.2 Å². The molecule has 1 fully saturated rings. The molecule has 3 heterocycles. The molecule has 49 heavy (non-hydrogen) atoms. The summed E-state index contributed by atoms with van der Waals surface area (Å²) in [5.41, 5.74) is 1.25. The number of methoxy groups -OCH3 is 1. The molecule has 2 aliphatic rings. The Hall–Kier alpha value is -4.97. The molecule has 3 aromatic carbocycles. The second kappa shape index (κ2) is 13.1. The lowest BCUT2D eigenvalue weighted by Crippen LogP contribution is -2.33. The number of phenolic OH excluding ortho intramolecular Hbond substituents is 1. The van der Waals surface area contributed by atoms with E-state index in [-0.39, 0.29) is 39.9 Å². The summed E-state index contributed by atoms with van der Waals surface area (Å²) in [5.74, 6) is -4.05. The Morgan fingerprint density at radius 2 is 1.69 bits per heavy atom. The van der Waals surface area contributed by atoms with Crippen molar-refractivity contribution in [3.8, 4) is 11.5 Å². The van der Waals surface area contributed by atoms with E-state index in [2.05, 4.69) is 5.32 Å². The van der Waals surface area contributed by atoms with Gasteiger partial charge in [-0.25, -0.2) is 23.3 Å². The predicted molar refractivity (Wildman–Crippen MR) is 180 cm³/mol. The highest BCUT2D eigenvalue weighted by Gasteiger charge is 2.57. The third-order valence-corrected chi connectivity index (χ3v) is 11.6. The van der Waals surface area contributed by atoms with Gasteiger partial charge in [0.1, 0.15) is 11.8 Å². The molecule has 0 bridgehead atoms. The summed E-state index contributed by atoms with van der Waals surface area (Å²) in [6.07, 6.45) is 0. The Balaban J connectivity index is 1.37. The molecule has 2 aliphatic heterocycles. The first kappa shape index (κ1) is 33.9. The quantitative estimate of drug-likeness (QED) is 0.169. The first-order valence-corrected chi connectivity index (χ1v) is 17.9. The largest absolute Gasteiger partial charge is 0.504 e. The third kappa shape index (κ3) is 6.32. The molecule has 14 nitrogen and oxygen atoms in total. The number of carbonyl (C=O) groups is 4. The van der Waals surface area contributed by atoms with Gasteiger partial charge in [0.25, 0.3) is 0 Å². The number of esters is 1. The zero-order valence-electron chi connectivity index (χ0n) is 25.8. The van der Waals surface area contributed by atoms with E-state index in [1.165, 1.54) is 72.3 Å². The number of primary sulfonamides is 1. The monoisotopic (exact) mass is 724 g/mol. The summed E-state index contributed by atoms with van der Waals surface area (Å²) in [4.78, 5) is 67.8. The number of sulfonamides is 1. The number of nitrogens with two attached hydrogens (primary N) is 1. The maximum atomic E-state index is 14.2. The number of aromatic nitrogens is 1. The molecule has 0 spiro atoms. The number of benzene rings is 3. The molecule has 0 radical (unpaired) electrons. The fourth-order valence-electron chi connectivity index (χ4n) is 5.79. The van der Waals surface area contributed by atoms with Crippen LogP contribution in [0.5, 0.6) is 11.5 Å². The number of anilines is 2. The number of fused-ring (bicyclic) bond motifs is 2. The second-order valence-electron chi connectivity index (χ2n) is 11.0. The topological polar surface area (TPSA) is 204 Å². The van der Waals surface area contributed by atoms with Gasteiger partial charge in [0.05, 0.1) is 40.8 Å². The minimum atomic E-state index is -3.94. The molecule has 17 heteroatoms. The van der Waals surface area contributed by atoms with Crippen LogP contribution in [-0.2, 0) is 35.7 Å². The van der Waals surface area contributed by atoms with Crippen molar-refractivity contribution < 1.29 is 42.2 Å². The molecule has 0 saturated carbocycles. The molecule has 1 saturated heterocycles. The Kier molecular flexibility index (Phi) is 9.10. The number of aromatic hydroxyl groups is 1. The van der Waals surface area contributed by atoms with Crippen LogP contribution in [0.1, 0.15) is 33.6 Å². The number of imide groups is 1. The first-order valence-electron chi connectivity index (χ1n) is 14.7. The summed E-state index contributed by atoms with van der Waals surface area (Å²) in [5, 5.41) is 17.4. The van der Waals surface area contributed by atoms with Crippen LogP contribution >= 0.6 is 23.1 Å². The highest BCUT2D eigenvalue weighted by atomic mass is 32.2. The Morgan fingerprint density at radius 3 is 2.33 bits per heavy atom. The first-order chi connectivity index (χ1) is 23.3. The molecule has 254 valence electrons. The number of thioether (sulfide) groups is 1. The maximum absolute atomic E-state index is 14.2. The predicted octanol–water partition coefficient (Wildman–Crippen LogP) is 2.88. The molecule has 2 unspecified atom stereocenters. The average Bonchev–Trinajstić information content (AvgIpc) is 3.51. The number of hydrogen-bond acceptors (Lipinski definition) is 12. The lowest BCUT2D eigenvalue weighted by molar-refractivity contribution is -0.122. The van der Waals surface area contributed by atoms with Crippen LogP contribution < -0.4 is 25.0 Å². The van der Waals surface area contributed by atoms with Gasteiger partial charge >= 0.3 is 10.8 Å². The summed E-state index contributed by atoms with van der Waals surface area (Å²) < 4.78 is 34.7. The number of rotatable bonds is 9. The highest BCUT2D eigenvalue weighted by molar-refractivity contribution is 8.00. The number of hydrogen-bond donors (Lipinski definition) is 3. The van der Waals surface area contributed by atoms with Crippen molar-refractivity contribution in [1.82, 2.24) is 4.57 Å². The zero-order chi connectivity index (χ0) is 35.2. The van der Waals surface area contributed by atoms with Gasteiger partial charge in [-0.2, -0.15) is 0 Å². The van der Waals surface area contributed by atoms with Gasteiger partial charge in [-0.3, -0.25) is 23.7 Å². The molecular formula is C32H28N4O10S3. The van der Waals surface area contributed by atoms with Crippen molar-refractivity contribution in [2.75, 3.05) is 23.9 Å². The Bertz CT molecular complexity index is 2160. The fourth-order valence-corrected chi connectivity index (χ4v) is 9.08. The summed E-state index contributed by atoms with van der Waals surface area (Å²) >= 11 is 1.85. The van der Waals surface area contributed by atoms with Gasteiger partial charge < -0.3 is 19.9 Å².